The first-order chi connectivity index (χ1) is 8.10. The molecule has 96 valence electrons. The van der Waals surface area contributed by atoms with Gasteiger partial charge in [-0.05, 0) is 37.9 Å². The number of nitrogens with two attached hydrogens (primary N) is 1. The normalized spacial score (nSPS) is 10.9. The number of rotatable bonds is 6. The van der Waals surface area contributed by atoms with E-state index in [1.807, 2.05) is 6.07 Å². The first kappa shape index (κ1) is 14.0. The van der Waals surface area contributed by atoms with Crippen LogP contribution in [0.5, 0.6) is 0 Å². The van der Waals surface area contributed by atoms with E-state index in [0.29, 0.717) is 18.9 Å². The average molecular weight is 238 g/mol. The molecule has 0 fully saturated rings. The van der Waals surface area contributed by atoms with Gasteiger partial charge in [-0.15, -0.1) is 0 Å². The Morgan fingerprint density at radius 3 is 2.59 bits per heavy atom. The Bertz CT molecular complexity index is 350. The summed E-state index contributed by atoms with van der Waals surface area (Å²) in [6.07, 6.45) is 0.594. The molecular weight excluding hydrogens is 215 g/mol. The van der Waals surface area contributed by atoms with Crippen molar-refractivity contribution in [2.45, 2.75) is 27.2 Å². The maximum Gasteiger partial charge on any atom is 0.128 e. The molecule has 0 spiro atoms. The average Bonchev–Trinajstić information content (AvgIpc) is 2.29. The Morgan fingerprint density at radius 2 is 2.06 bits per heavy atom. The van der Waals surface area contributed by atoms with Gasteiger partial charge in [0.1, 0.15) is 5.82 Å². The SMILES string of the molecule is CCN(CC(C)C)c1cccc(F)c1CCN. The molecule has 0 aromatic heterocycles. The molecule has 0 radical (unpaired) electrons. The second-order valence-electron chi connectivity index (χ2n) is 4.71. The van der Waals surface area contributed by atoms with E-state index < -0.39 is 0 Å². The minimum absolute atomic E-state index is 0.143. The first-order valence-corrected chi connectivity index (χ1v) is 6.32. The van der Waals surface area contributed by atoms with Crippen molar-refractivity contribution in [3.63, 3.8) is 0 Å². The molecule has 17 heavy (non-hydrogen) atoms. The summed E-state index contributed by atoms with van der Waals surface area (Å²) in [4.78, 5) is 2.22. The minimum Gasteiger partial charge on any atom is -0.371 e. The van der Waals surface area contributed by atoms with Gasteiger partial charge >= 0.3 is 0 Å². The van der Waals surface area contributed by atoms with Crippen LogP contribution < -0.4 is 10.6 Å². The van der Waals surface area contributed by atoms with Crippen LogP contribution in [0.4, 0.5) is 10.1 Å². The van der Waals surface area contributed by atoms with E-state index in [-0.39, 0.29) is 5.82 Å². The second kappa shape index (κ2) is 6.60. The summed E-state index contributed by atoms with van der Waals surface area (Å²) in [5.74, 6) is 0.416. The van der Waals surface area contributed by atoms with Crippen LogP contribution in [0, 0.1) is 11.7 Å². The highest BCUT2D eigenvalue weighted by Gasteiger charge is 2.13. The summed E-state index contributed by atoms with van der Waals surface area (Å²) in [7, 11) is 0. The van der Waals surface area contributed by atoms with E-state index in [4.69, 9.17) is 5.73 Å². The molecule has 0 saturated heterocycles. The van der Waals surface area contributed by atoms with Crippen molar-refractivity contribution >= 4 is 5.69 Å². The maximum absolute atomic E-state index is 13.8. The summed E-state index contributed by atoms with van der Waals surface area (Å²) in [6, 6.07) is 5.27. The third-order valence-electron chi connectivity index (χ3n) is 2.80. The zero-order valence-corrected chi connectivity index (χ0v) is 11.0. The molecule has 2 N–H and O–H groups in total. The standard InChI is InChI=1S/C14H23FN2/c1-4-17(10-11(2)3)14-7-5-6-13(15)12(14)8-9-16/h5-7,11H,4,8-10,16H2,1-3H3. The van der Waals surface area contributed by atoms with E-state index in [1.165, 1.54) is 6.07 Å². The molecule has 0 amide bonds. The monoisotopic (exact) mass is 238 g/mol. The second-order valence-corrected chi connectivity index (χ2v) is 4.71. The van der Waals surface area contributed by atoms with Gasteiger partial charge in [0.2, 0.25) is 0 Å². The molecule has 0 unspecified atom stereocenters. The molecule has 0 aliphatic heterocycles. The number of halogens is 1. The van der Waals surface area contributed by atoms with Gasteiger partial charge in [0.05, 0.1) is 0 Å². The lowest BCUT2D eigenvalue weighted by molar-refractivity contribution is 0.595. The van der Waals surface area contributed by atoms with Gasteiger partial charge < -0.3 is 10.6 Å². The predicted molar refractivity (Wildman–Crippen MR) is 71.9 cm³/mol. The topological polar surface area (TPSA) is 29.3 Å². The number of nitrogens with zero attached hydrogens (tertiary/aromatic N) is 1. The molecule has 0 atom stereocenters. The van der Waals surface area contributed by atoms with Gasteiger partial charge in [0, 0.05) is 24.3 Å². The van der Waals surface area contributed by atoms with Crippen LogP contribution >= 0.6 is 0 Å². The van der Waals surface area contributed by atoms with E-state index >= 15 is 0 Å². The molecule has 0 heterocycles. The molecule has 0 aliphatic carbocycles. The van der Waals surface area contributed by atoms with Crippen LogP contribution in [0.1, 0.15) is 26.3 Å². The smallest absolute Gasteiger partial charge is 0.128 e. The Morgan fingerprint density at radius 1 is 1.35 bits per heavy atom. The van der Waals surface area contributed by atoms with E-state index in [1.54, 1.807) is 6.07 Å². The van der Waals surface area contributed by atoms with Crippen LogP contribution in [-0.2, 0) is 6.42 Å². The van der Waals surface area contributed by atoms with Crippen LogP contribution in [0.25, 0.3) is 0 Å². The summed E-state index contributed by atoms with van der Waals surface area (Å²) in [5.41, 5.74) is 7.30. The van der Waals surface area contributed by atoms with Gasteiger partial charge in [0.15, 0.2) is 0 Å². The maximum atomic E-state index is 13.8. The van der Waals surface area contributed by atoms with E-state index in [2.05, 4.69) is 25.7 Å². The fourth-order valence-corrected chi connectivity index (χ4v) is 2.07. The zero-order chi connectivity index (χ0) is 12.8. The van der Waals surface area contributed by atoms with Crippen molar-refractivity contribution in [3.05, 3.63) is 29.6 Å². The van der Waals surface area contributed by atoms with Gasteiger partial charge in [-0.3, -0.25) is 0 Å². The Hall–Kier alpha value is -1.09. The van der Waals surface area contributed by atoms with Crippen molar-refractivity contribution in [3.8, 4) is 0 Å². The Balaban J connectivity index is 3.04. The fourth-order valence-electron chi connectivity index (χ4n) is 2.07. The van der Waals surface area contributed by atoms with Crippen LogP contribution in [0.15, 0.2) is 18.2 Å². The van der Waals surface area contributed by atoms with Gasteiger partial charge in [-0.25, -0.2) is 4.39 Å². The third-order valence-corrected chi connectivity index (χ3v) is 2.80. The van der Waals surface area contributed by atoms with E-state index in [0.717, 1.165) is 24.3 Å². The zero-order valence-electron chi connectivity index (χ0n) is 11.0. The first-order valence-electron chi connectivity index (χ1n) is 6.32. The highest BCUT2D eigenvalue weighted by Crippen LogP contribution is 2.24. The van der Waals surface area contributed by atoms with Crippen molar-refractivity contribution in [2.75, 3.05) is 24.5 Å². The highest BCUT2D eigenvalue weighted by molar-refractivity contribution is 5.54. The third kappa shape index (κ3) is 3.70. The summed E-state index contributed by atoms with van der Waals surface area (Å²) >= 11 is 0. The van der Waals surface area contributed by atoms with Gasteiger partial charge in [-0.2, -0.15) is 0 Å². The van der Waals surface area contributed by atoms with Crippen LogP contribution in [-0.4, -0.2) is 19.6 Å². The highest BCUT2D eigenvalue weighted by atomic mass is 19.1. The summed E-state index contributed by atoms with van der Waals surface area (Å²) in [6.45, 7) is 8.75. The van der Waals surface area contributed by atoms with Gasteiger partial charge in [-0.1, -0.05) is 19.9 Å². The predicted octanol–water partition coefficient (Wildman–Crippen LogP) is 2.81. The number of anilines is 1. The molecule has 0 saturated carbocycles. The molecular formula is C14H23FN2. The van der Waals surface area contributed by atoms with Crippen molar-refractivity contribution < 1.29 is 4.39 Å². The lowest BCUT2D eigenvalue weighted by Gasteiger charge is -2.27. The van der Waals surface area contributed by atoms with Crippen molar-refractivity contribution in [1.82, 2.24) is 0 Å². The Kier molecular flexibility index (Phi) is 5.42. The molecule has 2 nitrogen and oxygen atoms in total. The van der Waals surface area contributed by atoms with E-state index in [9.17, 15) is 4.39 Å². The lowest BCUT2D eigenvalue weighted by Crippen LogP contribution is -2.28. The number of benzene rings is 1. The number of hydrogen-bond acceptors (Lipinski definition) is 2. The minimum atomic E-state index is -0.143. The summed E-state index contributed by atoms with van der Waals surface area (Å²) < 4.78 is 13.8. The van der Waals surface area contributed by atoms with Crippen molar-refractivity contribution in [2.24, 2.45) is 11.7 Å². The largest absolute Gasteiger partial charge is 0.371 e. The molecule has 1 rings (SSSR count). The van der Waals surface area contributed by atoms with Gasteiger partial charge in [0.25, 0.3) is 0 Å². The molecule has 0 bridgehead atoms. The van der Waals surface area contributed by atoms with Crippen LogP contribution in [0.2, 0.25) is 0 Å². The molecule has 1 aromatic rings. The molecule has 0 aliphatic rings. The number of hydrogen-bond donors (Lipinski definition) is 1. The molecule has 1 aromatic carbocycles. The van der Waals surface area contributed by atoms with Crippen molar-refractivity contribution in [1.29, 1.82) is 0 Å². The summed E-state index contributed by atoms with van der Waals surface area (Å²) in [5, 5.41) is 0. The van der Waals surface area contributed by atoms with Crippen LogP contribution in [0.3, 0.4) is 0 Å². The Labute approximate surface area is 104 Å². The lowest BCUT2D eigenvalue weighted by atomic mass is 10.1. The quantitative estimate of drug-likeness (QED) is 0.825. The fraction of sp³-hybridized carbons (Fsp3) is 0.571. The molecule has 3 heteroatoms.